The van der Waals surface area contributed by atoms with Crippen molar-refractivity contribution in [3.05, 3.63) is 36.8 Å². The minimum Gasteiger partial charge on any atom is -0.356 e. The molecule has 1 heterocycles. The van der Waals surface area contributed by atoms with Crippen molar-refractivity contribution in [2.75, 3.05) is 0 Å². The molecule has 0 radical (unpaired) electrons. The van der Waals surface area contributed by atoms with E-state index in [1.807, 2.05) is 0 Å². The Morgan fingerprint density at radius 2 is 1.24 bits per heavy atom. The van der Waals surface area contributed by atoms with E-state index in [0.717, 1.165) is 36.8 Å². The van der Waals surface area contributed by atoms with Crippen molar-refractivity contribution < 1.29 is 14.7 Å². The van der Waals surface area contributed by atoms with E-state index in [9.17, 15) is 14.7 Å². The van der Waals surface area contributed by atoms with Gasteiger partial charge in [0, 0.05) is 36.8 Å². The molecule has 0 aromatic heterocycles. The Bertz CT molecular complexity index is 601. The molecule has 0 aromatic carbocycles. The quantitative estimate of drug-likeness (QED) is 0.751. The van der Waals surface area contributed by atoms with Gasteiger partial charge in [0.1, 0.15) is 0 Å². The van der Waals surface area contributed by atoms with Crippen molar-refractivity contribution in [2.45, 2.75) is 6.35 Å². The molecular formula is C12H8N6O3. The maximum Gasteiger partial charge on any atom is 0.339 e. The number of carbonyl (C=O) groups excluding carboxylic acids is 2. The summed E-state index contributed by atoms with van der Waals surface area (Å²) >= 11 is 0. The lowest BCUT2D eigenvalue weighted by Gasteiger charge is -2.40. The van der Waals surface area contributed by atoms with E-state index in [-0.39, 0.29) is 0 Å². The summed E-state index contributed by atoms with van der Waals surface area (Å²) in [6.45, 7) is 0. The molecule has 1 rings (SSSR count). The van der Waals surface area contributed by atoms with Gasteiger partial charge < -0.3 is 5.11 Å². The first-order valence-corrected chi connectivity index (χ1v) is 5.39. The topological polar surface area (TPSA) is 135 Å². The van der Waals surface area contributed by atoms with Crippen LogP contribution >= 0.6 is 0 Å². The lowest BCUT2D eigenvalue weighted by atomic mass is 10.4. The van der Waals surface area contributed by atoms with Crippen molar-refractivity contribution in [1.29, 1.82) is 15.8 Å². The molecule has 1 aliphatic rings. The Labute approximate surface area is 119 Å². The monoisotopic (exact) mass is 284 g/mol. The molecule has 1 saturated heterocycles. The van der Waals surface area contributed by atoms with Crippen molar-refractivity contribution >= 4 is 12.1 Å². The Balaban J connectivity index is 3.24. The number of hydrogen-bond acceptors (Lipinski definition) is 6. The van der Waals surface area contributed by atoms with Crippen LogP contribution in [-0.2, 0) is 0 Å². The zero-order valence-electron chi connectivity index (χ0n) is 10.5. The number of amides is 4. The van der Waals surface area contributed by atoms with Crippen LogP contribution in [0.15, 0.2) is 36.8 Å². The zero-order chi connectivity index (χ0) is 15.8. The van der Waals surface area contributed by atoms with Crippen molar-refractivity contribution in [3.8, 4) is 18.2 Å². The Hall–Kier alpha value is -3.61. The van der Waals surface area contributed by atoms with E-state index in [4.69, 9.17) is 15.8 Å². The molecule has 1 atom stereocenters. The Kier molecular flexibility index (Phi) is 5.22. The van der Waals surface area contributed by atoms with Gasteiger partial charge in [0.15, 0.2) is 0 Å². The SMILES string of the molecule is N#C/C=C\N1C(=O)N(/C=C/C#N)C(=O)N(/C=C/C#N)C1O. The highest BCUT2D eigenvalue weighted by Gasteiger charge is 2.40. The number of hydrogen-bond donors (Lipinski definition) is 1. The van der Waals surface area contributed by atoms with Gasteiger partial charge in [0.05, 0.1) is 18.2 Å². The Morgan fingerprint density at radius 1 is 0.857 bits per heavy atom. The molecule has 1 N–H and O–H groups in total. The largest absolute Gasteiger partial charge is 0.356 e. The van der Waals surface area contributed by atoms with Crippen LogP contribution in [0.1, 0.15) is 0 Å². The summed E-state index contributed by atoms with van der Waals surface area (Å²) in [5.74, 6) is 0. The number of nitrogens with zero attached hydrogens (tertiary/aromatic N) is 6. The molecule has 0 aliphatic carbocycles. The summed E-state index contributed by atoms with van der Waals surface area (Å²) in [6, 6.07) is 2.98. The second kappa shape index (κ2) is 7.10. The van der Waals surface area contributed by atoms with E-state index in [1.54, 1.807) is 18.2 Å². The highest BCUT2D eigenvalue weighted by molar-refractivity contribution is 5.98. The normalized spacial score (nSPS) is 19.3. The van der Waals surface area contributed by atoms with Crippen LogP contribution in [0, 0.1) is 34.0 Å². The molecule has 0 bridgehead atoms. The number of aliphatic hydroxyl groups is 1. The molecule has 4 amide bonds. The molecule has 9 heteroatoms. The van der Waals surface area contributed by atoms with Gasteiger partial charge in [-0.3, -0.25) is 9.80 Å². The first-order chi connectivity index (χ1) is 10.1. The maximum atomic E-state index is 12.0. The average Bonchev–Trinajstić information content (AvgIpc) is 2.47. The van der Waals surface area contributed by atoms with Crippen molar-refractivity contribution in [2.24, 2.45) is 0 Å². The van der Waals surface area contributed by atoms with Crippen LogP contribution in [0.3, 0.4) is 0 Å². The van der Waals surface area contributed by atoms with Gasteiger partial charge in [0.2, 0.25) is 6.35 Å². The fourth-order valence-electron chi connectivity index (χ4n) is 1.41. The smallest absolute Gasteiger partial charge is 0.339 e. The van der Waals surface area contributed by atoms with E-state index >= 15 is 0 Å². The summed E-state index contributed by atoms with van der Waals surface area (Å²) in [6.07, 6.45) is 3.89. The fraction of sp³-hybridized carbons (Fsp3) is 0.0833. The Morgan fingerprint density at radius 3 is 1.62 bits per heavy atom. The van der Waals surface area contributed by atoms with Gasteiger partial charge in [-0.1, -0.05) is 0 Å². The summed E-state index contributed by atoms with van der Waals surface area (Å²) < 4.78 is 0. The van der Waals surface area contributed by atoms with Crippen molar-refractivity contribution in [1.82, 2.24) is 14.7 Å². The average molecular weight is 284 g/mol. The van der Waals surface area contributed by atoms with Crippen LogP contribution in [0.4, 0.5) is 9.59 Å². The van der Waals surface area contributed by atoms with Crippen molar-refractivity contribution in [3.63, 3.8) is 0 Å². The third kappa shape index (κ3) is 3.24. The highest BCUT2D eigenvalue weighted by Crippen LogP contribution is 2.19. The minimum atomic E-state index is -1.72. The van der Waals surface area contributed by atoms with E-state index in [0.29, 0.717) is 14.7 Å². The van der Waals surface area contributed by atoms with Crippen LogP contribution < -0.4 is 0 Å². The molecule has 0 saturated carbocycles. The lowest BCUT2D eigenvalue weighted by Crippen LogP contribution is -2.61. The molecule has 9 nitrogen and oxygen atoms in total. The molecule has 0 aromatic rings. The summed E-state index contributed by atoms with van der Waals surface area (Å²) in [7, 11) is 0. The van der Waals surface area contributed by atoms with Crippen LogP contribution in [0.25, 0.3) is 0 Å². The minimum absolute atomic E-state index is 0.555. The first kappa shape index (κ1) is 15.4. The van der Waals surface area contributed by atoms with E-state index < -0.39 is 18.4 Å². The molecule has 1 unspecified atom stereocenters. The highest BCUT2D eigenvalue weighted by atomic mass is 16.3. The number of aliphatic hydroxyl groups excluding tert-OH is 1. The summed E-state index contributed by atoms with van der Waals surface area (Å²) in [4.78, 5) is 26.0. The first-order valence-electron chi connectivity index (χ1n) is 5.39. The molecule has 21 heavy (non-hydrogen) atoms. The molecule has 0 spiro atoms. The molecule has 104 valence electrons. The number of imide groups is 1. The number of urea groups is 2. The van der Waals surface area contributed by atoms with Gasteiger partial charge in [-0.25, -0.2) is 14.5 Å². The number of rotatable bonds is 3. The third-order valence-corrected chi connectivity index (χ3v) is 2.27. The fourth-order valence-corrected chi connectivity index (χ4v) is 1.41. The second-order valence-corrected chi connectivity index (χ2v) is 3.43. The van der Waals surface area contributed by atoms with Gasteiger partial charge in [0.25, 0.3) is 0 Å². The van der Waals surface area contributed by atoms with Crippen LogP contribution in [0.2, 0.25) is 0 Å². The van der Waals surface area contributed by atoms with E-state index in [2.05, 4.69) is 0 Å². The summed E-state index contributed by atoms with van der Waals surface area (Å²) in [5.41, 5.74) is 0. The predicted molar refractivity (Wildman–Crippen MR) is 66.6 cm³/mol. The van der Waals surface area contributed by atoms with E-state index in [1.165, 1.54) is 0 Å². The van der Waals surface area contributed by atoms with Crippen LogP contribution in [-0.4, -0.2) is 38.2 Å². The van der Waals surface area contributed by atoms with Gasteiger partial charge in [-0.2, -0.15) is 15.8 Å². The van der Waals surface area contributed by atoms with Gasteiger partial charge in [-0.15, -0.1) is 0 Å². The summed E-state index contributed by atoms with van der Waals surface area (Å²) in [5, 5.41) is 35.3. The second-order valence-electron chi connectivity index (χ2n) is 3.43. The van der Waals surface area contributed by atoms with Gasteiger partial charge in [-0.05, 0) is 0 Å². The number of carbonyl (C=O) groups is 2. The maximum absolute atomic E-state index is 12.0. The third-order valence-electron chi connectivity index (χ3n) is 2.27. The molecule has 1 aliphatic heterocycles. The molecular weight excluding hydrogens is 276 g/mol. The van der Waals surface area contributed by atoms with Crippen LogP contribution in [0.5, 0.6) is 0 Å². The lowest BCUT2D eigenvalue weighted by molar-refractivity contribution is -0.0487. The number of allylic oxidation sites excluding steroid dienone is 3. The zero-order valence-corrected chi connectivity index (χ0v) is 10.5. The predicted octanol–water partition coefficient (Wildman–Crippen LogP) is 0.534. The van der Waals surface area contributed by atoms with Gasteiger partial charge >= 0.3 is 12.1 Å². The number of nitriles is 3. The molecule has 1 fully saturated rings. The standard InChI is InChI=1S/C12H8N6O3/c13-4-1-7-16-10(19)17(8-2-5-14)12(21)18(11(16)20)9-3-6-15/h1-3,7-10,19H/b7-1-,8-2+,9-3+.